The van der Waals surface area contributed by atoms with E-state index in [0.29, 0.717) is 19.0 Å². The molecule has 18 heavy (non-hydrogen) atoms. The van der Waals surface area contributed by atoms with Crippen molar-refractivity contribution < 1.29 is 0 Å². The zero-order chi connectivity index (χ0) is 13.6. The molecule has 1 fully saturated rings. The van der Waals surface area contributed by atoms with Crippen LogP contribution in [0.1, 0.15) is 46.5 Å². The van der Waals surface area contributed by atoms with Crippen molar-refractivity contribution >= 4 is 0 Å². The Hall–Kier alpha value is -1.24. The fraction of sp³-hybridized carbons (Fsp3) is 0.923. The molecule has 0 amide bonds. The predicted molar refractivity (Wildman–Crippen MR) is 71.8 cm³/mol. The molecule has 0 aromatic rings. The Kier molecular flexibility index (Phi) is 5.01. The number of azide groups is 1. The van der Waals surface area contributed by atoms with Gasteiger partial charge in [-0.15, -0.1) is 0 Å². The van der Waals surface area contributed by atoms with Gasteiger partial charge in [-0.3, -0.25) is 5.32 Å². The monoisotopic (exact) mass is 249 g/mol. The minimum Gasteiger partial charge on any atom is -0.299 e. The van der Waals surface area contributed by atoms with E-state index in [1.807, 2.05) is 0 Å². The molecule has 1 aliphatic carbocycles. The number of hydrogen-bond donors (Lipinski definition) is 1. The molecular weight excluding hydrogens is 226 g/mol. The predicted octanol–water partition coefficient (Wildman–Crippen LogP) is 3.38. The SMILES string of the molecule is CC(C)(C)C1CCCCC1(C#N)NCCN=[N+]=[N-]. The highest BCUT2D eigenvalue weighted by molar-refractivity contribution is 5.14. The van der Waals surface area contributed by atoms with Crippen LogP contribution in [-0.4, -0.2) is 18.6 Å². The molecule has 2 atom stereocenters. The third-order valence-electron chi connectivity index (χ3n) is 3.87. The summed E-state index contributed by atoms with van der Waals surface area (Å²) in [5.41, 5.74) is 7.93. The Morgan fingerprint density at radius 1 is 1.50 bits per heavy atom. The Bertz CT molecular complexity index is 359. The lowest BCUT2D eigenvalue weighted by Crippen LogP contribution is -2.56. The molecule has 0 bridgehead atoms. The van der Waals surface area contributed by atoms with Crippen molar-refractivity contribution in [2.24, 2.45) is 16.4 Å². The topological polar surface area (TPSA) is 84.6 Å². The van der Waals surface area contributed by atoms with Gasteiger partial charge in [0.05, 0.1) is 6.07 Å². The van der Waals surface area contributed by atoms with Gasteiger partial charge in [0.25, 0.3) is 0 Å². The number of nitrogens with zero attached hydrogens (tertiary/aromatic N) is 4. The van der Waals surface area contributed by atoms with Crippen molar-refractivity contribution in [1.29, 1.82) is 5.26 Å². The summed E-state index contributed by atoms with van der Waals surface area (Å²) in [6.07, 6.45) is 4.27. The van der Waals surface area contributed by atoms with Crippen LogP contribution >= 0.6 is 0 Å². The quantitative estimate of drug-likeness (QED) is 0.358. The first kappa shape index (κ1) is 14.8. The molecule has 0 radical (unpaired) electrons. The largest absolute Gasteiger partial charge is 0.299 e. The first-order chi connectivity index (χ1) is 8.46. The van der Waals surface area contributed by atoms with Crippen LogP contribution in [-0.2, 0) is 0 Å². The lowest BCUT2D eigenvalue weighted by atomic mass is 9.62. The van der Waals surface area contributed by atoms with E-state index in [1.54, 1.807) is 0 Å². The molecule has 5 heteroatoms. The Balaban J connectivity index is 2.80. The molecule has 0 aromatic heterocycles. The second-order valence-electron chi connectivity index (χ2n) is 6.13. The van der Waals surface area contributed by atoms with E-state index in [1.165, 1.54) is 6.42 Å². The fourth-order valence-electron chi connectivity index (χ4n) is 3.10. The van der Waals surface area contributed by atoms with E-state index in [9.17, 15) is 5.26 Å². The van der Waals surface area contributed by atoms with Crippen LogP contribution in [0, 0.1) is 22.7 Å². The van der Waals surface area contributed by atoms with Gasteiger partial charge in [0.1, 0.15) is 5.54 Å². The molecule has 5 nitrogen and oxygen atoms in total. The Labute approximate surface area is 109 Å². The van der Waals surface area contributed by atoms with Gasteiger partial charge in [-0.2, -0.15) is 5.26 Å². The molecule has 0 aromatic carbocycles. The van der Waals surface area contributed by atoms with Gasteiger partial charge in [-0.25, -0.2) is 0 Å². The van der Waals surface area contributed by atoms with E-state index >= 15 is 0 Å². The van der Waals surface area contributed by atoms with Crippen LogP contribution in [0.4, 0.5) is 0 Å². The van der Waals surface area contributed by atoms with Gasteiger partial charge < -0.3 is 0 Å². The molecule has 1 N–H and O–H groups in total. The van der Waals surface area contributed by atoms with Gasteiger partial charge >= 0.3 is 0 Å². The first-order valence-electron chi connectivity index (χ1n) is 6.63. The van der Waals surface area contributed by atoms with Crippen LogP contribution in [0.25, 0.3) is 10.4 Å². The van der Waals surface area contributed by atoms with Crippen molar-refractivity contribution in [3.8, 4) is 6.07 Å². The van der Waals surface area contributed by atoms with Crippen molar-refractivity contribution in [1.82, 2.24) is 5.32 Å². The molecule has 1 aliphatic rings. The van der Waals surface area contributed by atoms with Gasteiger partial charge in [-0.1, -0.05) is 38.7 Å². The molecule has 1 rings (SSSR count). The van der Waals surface area contributed by atoms with Crippen LogP contribution in [0.2, 0.25) is 0 Å². The van der Waals surface area contributed by atoms with E-state index in [0.717, 1.165) is 19.3 Å². The van der Waals surface area contributed by atoms with Gasteiger partial charge in [-0.05, 0) is 29.7 Å². The Morgan fingerprint density at radius 3 is 2.78 bits per heavy atom. The number of nitrogens with one attached hydrogen (secondary N) is 1. The third kappa shape index (κ3) is 3.38. The zero-order valence-corrected chi connectivity index (χ0v) is 11.6. The maximum Gasteiger partial charge on any atom is 0.110 e. The van der Waals surface area contributed by atoms with E-state index in [4.69, 9.17) is 5.53 Å². The summed E-state index contributed by atoms with van der Waals surface area (Å²) in [6.45, 7) is 7.57. The lowest BCUT2D eigenvalue weighted by Gasteiger charge is -2.46. The van der Waals surface area contributed by atoms with Crippen LogP contribution < -0.4 is 5.32 Å². The van der Waals surface area contributed by atoms with Gasteiger partial charge in [0.2, 0.25) is 0 Å². The lowest BCUT2D eigenvalue weighted by molar-refractivity contribution is 0.0889. The van der Waals surface area contributed by atoms with Crippen LogP contribution in [0.5, 0.6) is 0 Å². The highest BCUT2D eigenvalue weighted by Gasteiger charge is 2.46. The summed E-state index contributed by atoms with van der Waals surface area (Å²) in [7, 11) is 0. The molecule has 0 aliphatic heterocycles. The van der Waals surface area contributed by atoms with E-state index in [-0.39, 0.29) is 5.41 Å². The minimum atomic E-state index is -0.457. The van der Waals surface area contributed by atoms with E-state index in [2.05, 4.69) is 42.2 Å². The highest BCUT2D eigenvalue weighted by Crippen LogP contribution is 2.44. The normalized spacial score (nSPS) is 28.2. The number of rotatable bonds is 4. The van der Waals surface area contributed by atoms with Crippen molar-refractivity contribution in [3.05, 3.63) is 10.4 Å². The standard InChI is InChI=1S/C13H23N5/c1-12(2,3)11-6-4-5-7-13(11,10-14)16-8-9-17-18-15/h11,16H,4-9H2,1-3H3. The molecule has 2 unspecified atom stereocenters. The summed E-state index contributed by atoms with van der Waals surface area (Å²) < 4.78 is 0. The summed E-state index contributed by atoms with van der Waals surface area (Å²) in [5.74, 6) is 0.342. The average Bonchev–Trinajstić information content (AvgIpc) is 2.34. The summed E-state index contributed by atoms with van der Waals surface area (Å²) in [6, 6.07) is 2.51. The zero-order valence-electron chi connectivity index (χ0n) is 11.6. The second-order valence-corrected chi connectivity index (χ2v) is 6.13. The molecule has 0 heterocycles. The van der Waals surface area contributed by atoms with Crippen LogP contribution in [0.3, 0.4) is 0 Å². The minimum absolute atomic E-state index is 0.113. The molecule has 0 spiro atoms. The summed E-state index contributed by atoms with van der Waals surface area (Å²) in [4.78, 5) is 2.74. The molecule has 100 valence electrons. The summed E-state index contributed by atoms with van der Waals surface area (Å²) in [5, 5.41) is 16.5. The van der Waals surface area contributed by atoms with Crippen molar-refractivity contribution in [2.75, 3.05) is 13.1 Å². The first-order valence-corrected chi connectivity index (χ1v) is 6.63. The third-order valence-corrected chi connectivity index (χ3v) is 3.87. The maximum absolute atomic E-state index is 9.62. The maximum atomic E-state index is 9.62. The Morgan fingerprint density at radius 2 is 2.22 bits per heavy atom. The second kappa shape index (κ2) is 6.08. The highest BCUT2D eigenvalue weighted by atomic mass is 15.1. The molecule has 1 saturated carbocycles. The van der Waals surface area contributed by atoms with Gasteiger partial charge in [0.15, 0.2) is 0 Å². The molecular formula is C13H23N5. The van der Waals surface area contributed by atoms with Crippen molar-refractivity contribution in [3.63, 3.8) is 0 Å². The number of nitriles is 1. The smallest absolute Gasteiger partial charge is 0.110 e. The van der Waals surface area contributed by atoms with Crippen LogP contribution in [0.15, 0.2) is 5.11 Å². The molecule has 0 saturated heterocycles. The van der Waals surface area contributed by atoms with E-state index < -0.39 is 5.54 Å². The fourth-order valence-corrected chi connectivity index (χ4v) is 3.10. The summed E-state index contributed by atoms with van der Waals surface area (Å²) >= 11 is 0. The average molecular weight is 249 g/mol. The van der Waals surface area contributed by atoms with Crippen molar-refractivity contribution in [2.45, 2.75) is 52.0 Å². The van der Waals surface area contributed by atoms with Gasteiger partial charge in [0, 0.05) is 18.0 Å². The number of hydrogen-bond acceptors (Lipinski definition) is 3.